The summed E-state index contributed by atoms with van der Waals surface area (Å²) in [5, 5.41) is 2.85. The molecule has 2 rings (SSSR count). The van der Waals surface area contributed by atoms with Gasteiger partial charge in [0.2, 0.25) is 5.91 Å². The maximum absolute atomic E-state index is 12.2. The van der Waals surface area contributed by atoms with Crippen LogP contribution in [0.25, 0.3) is 6.08 Å². The van der Waals surface area contributed by atoms with Crippen LogP contribution in [-0.2, 0) is 4.79 Å². The number of ether oxygens (including phenoxy) is 2. The van der Waals surface area contributed by atoms with Gasteiger partial charge >= 0.3 is 0 Å². The SMILES string of the molecule is CCCCOc1ccccc1NC(=O)/C=C/c1ccccc1OC. The van der Waals surface area contributed by atoms with E-state index in [1.165, 1.54) is 6.08 Å². The molecule has 0 spiro atoms. The summed E-state index contributed by atoms with van der Waals surface area (Å²) in [4.78, 5) is 12.2. The van der Waals surface area contributed by atoms with Gasteiger partial charge in [0.05, 0.1) is 19.4 Å². The number of unbranched alkanes of at least 4 members (excludes halogenated alkanes) is 1. The molecule has 0 aliphatic heterocycles. The number of hydrogen-bond donors (Lipinski definition) is 1. The lowest BCUT2D eigenvalue weighted by atomic mass is 10.2. The Labute approximate surface area is 143 Å². The van der Waals surface area contributed by atoms with Gasteiger partial charge in [-0.1, -0.05) is 43.7 Å². The van der Waals surface area contributed by atoms with Crippen molar-refractivity contribution in [2.75, 3.05) is 19.0 Å². The zero-order valence-corrected chi connectivity index (χ0v) is 14.1. The highest BCUT2D eigenvalue weighted by Gasteiger charge is 2.05. The van der Waals surface area contributed by atoms with Crippen molar-refractivity contribution in [1.82, 2.24) is 0 Å². The minimum Gasteiger partial charge on any atom is -0.496 e. The van der Waals surface area contributed by atoms with E-state index in [-0.39, 0.29) is 5.91 Å². The van der Waals surface area contributed by atoms with E-state index in [0.717, 1.165) is 24.2 Å². The highest BCUT2D eigenvalue weighted by Crippen LogP contribution is 2.24. The number of carbonyl (C=O) groups is 1. The van der Waals surface area contributed by atoms with E-state index in [1.54, 1.807) is 13.2 Å². The van der Waals surface area contributed by atoms with Gasteiger partial charge < -0.3 is 14.8 Å². The van der Waals surface area contributed by atoms with Gasteiger partial charge in [-0.2, -0.15) is 0 Å². The van der Waals surface area contributed by atoms with E-state index >= 15 is 0 Å². The molecule has 0 heterocycles. The number of hydrogen-bond acceptors (Lipinski definition) is 3. The summed E-state index contributed by atoms with van der Waals surface area (Å²) >= 11 is 0. The van der Waals surface area contributed by atoms with Crippen LogP contribution >= 0.6 is 0 Å². The highest BCUT2D eigenvalue weighted by molar-refractivity contribution is 6.02. The van der Waals surface area contributed by atoms with Crippen LogP contribution in [0.3, 0.4) is 0 Å². The van der Waals surface area contributed by atoms with Crippen LogP contribution < -0.4 is 14.8 Å². The van der Waals surface area contributed by atoms with Gasteiger partial charge in [-0.05, 0) is 30.7 Å². The van der Waals surface area contributed by atoms with Crippen LogP contribution in [0.2, 0.25) is 0 Å². The largest absolute Gasteiger partial charge is 0.496 e. The number of para-hydroxylation sites is 3. The van der Waals surface area contributed by atoms with Gasteiger partial charge in [0, 0.05) is 11.6 Å². The number of anilines is 1. The van der Waals surface area contributed by atoms with E-state index in [1.807, 2.05) is 48.5 Å². The minimum absolute atomic E-state index is 0.215. The molecule has 4 heteroatoms. The third-order valence-corrected chi connectivity index (χ3v) is 3.45. The molecule has 0 radical (unpaired) electrons. The minimum atomic E-state index is -0.215. The Morgan fingerprint density at radius 2 is 1.79 bits per heavy atom. The van der Waals surface area contributed by atoms with Gasteiger partial charge in [0.25, 0.3) is 0 Å². The van der Waals surface area contributed by atoms with E-state index in [0.29, 0.717) is 18.0 Å². The first-order valence-electron chi connectivity index (χ1n) is 8.08. The first-order chi connectivity index (χ1) is 11.7. The van der Waals surface area contributed by atoms with Crippen LogP contribution in [0.15, 0.2) is 54.6 Å². The van der Waals surface area contributed by atoms with Crippen molar-refractivity contribution >= 4 is 17.7 Å². The lowest BCUT2D eigenvalue weighted by molar-refractivity contribution is -0.111. The van der Waals surface area contributed by atoms with E-state index in [4.69, 9.17) is 9.47 Å². The van der Waals surface area contributed by atoms with Crippen LogP contribution in [0.4, 0.5) is 5.69 Å². The van der Waals surface area contributed by atoms with Crippen molar-refractivity contribution in [3.05, 3.63) is 60.2 Å². The predicted molar refractivity (Wildman–Crippen MR) is 97.5 cm³/mol. The molecule has 4 nitrogen and oxygen atoms in total. The second-order valence-corrected chi connectivity index (χ2v) is 5.26. The summed E-state index contributed by atoms with van der Waals surface area (Å²) in [6.45, 7) is 2.75. The Morgan fingerprint density at radius 3 is 2.54 bits per heavy atom. The van der Waals surface area contributed by atoms with Crippen LogP contribution in [0.1, 0.15) is 25.3 Å². The van der Waals surface area contributed by atoms with Gasteiger partial charge in [-0.25, -0.2) is 0 Å². The first-order valence-corrected chi connectivity index (χ1v) is 8.08. The maximum Gasteiger partial charge on any atom is 0.248 e. The molecule has 0 saturated carbocycles. The van der Waals surface area contributed by atoms with E-state index in [2.05, 4.69) is 12.2 Å². The smallest absolute Gasteiger partial charge is 0.248 e. The standard InChI is InChI=1S/C20H23NO3/c1-3-4-15-24-19-12-8-6-10-17(19)21-20(22)14-13-16-9-5-7-11-18(16)23-2/h5-14H,3-4,15H2,1-2H3,(H,21,22)/b14-13+. The molecule has 1 N–H and O–H groups in total. The number of nitrogens with one attached hydrogen (secondary N) is 1. The molecule has 24 heavy (non-hydrogen) atoms. The summed E-state index contributed by atoms with van der Waals surface area (Å²) in [7, 11) is 1.61. The van der Waals surface area contributed by atoms with Crippen molar-refractivity contribution in [2.45, 2.75) is 19.8 Å². The van der Waals surface area contributed by atoms with Gasteiger partial charge in [0.15, 0.2) is 0 Å². The summed E-state index contributed by atoms with van der Waals surface area (Å²) in [6, 6.07) is 15.0. The fraction of sp³-hybridized carbons (Fsp3) is 0.250. The highest BCUT2D eigenvalue weighted by atomic mass is 16.5. The number of carbonyl (C=O) groups excluding carboxylic acids is 1. The molecule has 0 aliphatic carbocycles. The Bertz CT molecular complexity index is 695. The maximum atomic E-state index is 12.2. The molecule has 0 saturated heterocycles. The van der Waals surface area contributed by atoms with Crippen LogP contribution in [0.5, 0.6) is 11.5 Å². The van der Waals surface area contributed by atoms with Crippen LogP contribution in [-0.4, -0.2) is 19.6 Å². The lowest BCUT2D eigenvalue weighted by Gasteiger charge is -2.11. The normalized spacial score (nSPS) is 10.6. The average molecular weight is 325 g/mol. The molecule has 1 amide bonds. The van der Waals surface area contributed by atoms with Crippen molar-refractivity contribution in [1.29, 1.82) is 0 Å². The average Bonchev–Trinajstić information content (AvgIpc) is 2.62. The Kier molecular flexibility index (Phi) is 6.90. The van der Waals surface area contributed by atoms with Crippen molar-refractivity contribution in [3.8, 4) is 11.5 Å². The molecule has 0 aliphatic rings. The summed E-state index contributed by atoms with van der Waals surface area (Å²) < 4.78 is 11.0. The molecule has 0 bridgehead atoms. The Hall–Kier alpha value is -2.75. The topological polar surface area (TPSA) is 47.6 Å². The zero-order chi connectivity index (χ0) is 17.2. The molecule has 0 unspecified atom stereocenters. The molecule has 0 fully saturated rings. The fourth-order valence-electron chi connectivity index (χ4n) is 2.17. The number of rotatable bonds is 8. The second kappa shape index (κ2) is 9.40. The van der Waals surface area contributed by atoms with Crippen molar-refractivity contribution in [2.24, 2.45) is 0 Å². The summed E-state index contributed by atoms with van der Waals surface area (Å²) in [5.74, 6) is 1.20. The first kappa shape index (κ1) is 17.6. The van der Waals surface area contributed by atoms with Gasteiger partial charge in [0.1, 0.15) is 11.5 Å². The lowest BCUT2D eigenvalue weighted by Crippen LogP contribution is -2.09. The molecule has 2 aromatic carbocycles. The van der Waals surface area contributed by atoms with Crippen molar-refractivity contribution < 1.29 is 14.3 Å². The van der Waals surface area contributed by atoms with Crippen LogP contribution in [0, 0.1) is 0 Å². The molecule has 0 aromatic heterocycles. The summed E-state index contributed by atoms with van der Waals surface area (Å²) in [6.07, 6.45) is 5.27. The van der Waals surface area contributed by atoms with Gasteiger partial charge in [-0.3, -0.25) is 4.79 Å². The molecule has 2 aromatic rings. The number of benzene rings is 2. The van der Waals surface area contributed by atoms with Gasteiger partial charge in [-0.15, -0.1) is 0 Å². The molecular weight excluding hydrogens is 302 g/mol. The molecule has 0 atom stereocenters. The third-order valence-electron chi connectivity index (χ3n) is 3.45. The summed E-state index contributed by atoms with van der Waals surface area (Å²) in [5.41, 5.74) is 1.52. The monoisotopic (exact) mass is 325 g/mol. The third kappa shape index (κ3) is 5.16. The number of methoxy groups -OCH3 is 1. The van der Waals surface area contributed by atoms with E-state index < -0.39 is 0 Å². The van der Waals surface area contributed by atoms with E-state index in [9.17, 15) is 4.79 Å². The Balaban J connectivity index is 2.03. The fourth-order valence-corrected chi connectivity index (χ4v) is 2.17. The number of amides is 1. The second-order valence-electron chi connectivity index (χ2n) is 5.26. The molecule has 126 valence electrons. The van der Waals surface area contributed by atoms with Crippen molar-refractivity contribution in [3.63, 3.8) is 0 Å². The quantitative estimate of drug-likeness (QED) is 0.573. The predicted octanol–water partition coefficient (Wildman–Crippen LogP) is 4.53. The Morgan fingerprint density at radius 1 is 1.08 bits per heavy atom. The molecular formula is C20H23NO3. The zero-order valence-electron chi connectivity index (χ0n) is 14.1.